The monoisotopic (exact) mass is 708 g/mol. The number of para-hydroxylation sites is 4. The van der Waals surface area contributed by atoms with E-state index in [2.05, 4.69) is 191 Å². The van der Waals surface area contributed by atoms with Gasteiger partial charge in [0.15, 0.2) is 5.58 Å². The number of furan rings is 1. The summed E-state index contributed by atoms with van der Waals surface area (Å²) in [6.07, 6.45) is 0. The van der Waals surface area contributed by atoms with Gasteiger partial charge in [-0.3, -0.25) is 0 Å². The second-order valence-electron chi connectivity index (χ2n) is 13.7. The van der Waals surface area contributed by atoms with E-state index in [-0.39, 0.29) is 0 Å². The van der Waals surface area contributed by atoms with Crippen LogP contribution >= 0.6 is 11.3 Å². The van der Waals surface area contributed by atoms with Crippen molar-refractivity contribution in [1.82, 2.24) is 4.57 Å². The summed E-state index contributed by atoms with van der Waals surface area (Å²) in [4.78, 5) is 3.59. The maximum Gasteiger partial charge on any atom is 0.159 e. The van der Waals surface area contributed by atoms with E-state index in [1.54, 1.807) is 0 Å². The van der Waals surface area contributed by atoms with Gasteiger partial charge in [-0.1, -0.05) is 133 Å². The molecule has 3 aromatic heterocycles. The summed E-state index contributed by atoms with van der Waals surface area (Å²) in [5, 5.41) is 6.14. The molecule has 8 aromatic carbocycles. The lowest BCUT2D eigenvalue weighted by atomic mass is 10.0. The van der Waals surface area contributed by atoms with Gasteiger partial charge in [-0.25, -0.2) is 0 Å². The molecule has 3 nitrogen and oxygen atoms in total. The fourth-order valence-electron chi connectivity index (χ4n) is 8.08. The van der Waals surface area contributed by atoms with Gasteiger partial charge >= 0.3 is 0 Å². The number of hydrogen-bond acceptors (Lipinski definition) is 3. The average Bonchev–Trinajstić information content (AvgIpc) is 3.91. The van der Waals surface area contributed by atoms with Crippen LogP contribution in [0.1, 0.15) is 0 Å². The van der Waals surface area contributed by atoms with E-state index in [4.69, 9.17) is 4.42 Å². The number of nitrogens with zero attached hydrogens (tertiary/aromatic N) is 2. The van der Waals surface area contributed by atoms with E-state index in [0.29, 0.717) is 0 Å². The average molecular weight is 709 g/mol. The van der Waals surface area contributed by atoms with Gasteiger partial charge in [0, 0.05) is 48.7 Å². The first-order chi connectivity index (χ1) is 26.8. The predicted octanol–water partition coefficient (Wildman–Crippen LogP) is 14.7. The first-order valence-corrected chi connectivity index (χ1v) is 19.1. The van der Waals surface area contributed by atoms with Crippen molar-refractivity contribution in [3.8, 4) is 27.9 Å². The highest BCUT2D eigenvalue weighted by Crippen LogP contribution is 2.45. The number of aromatic nitrogens is 1. The lowest BCUT2D eigenvalue weighted by Gasteiger charge is -2.26. The molecule has 0 aliphatic carbocycles. The van der Waals surface area contributed by atoms with Crippen molar-refractivity contribution in [2.24, 2.45) is 0 Å². The molecular formula is C50H32N2OS. The fourth-order valence-corrected chi connectivity index (χ4v) is 9.37. The van der Waals surface area contributed by atoms with Crippen LogP contribution in [0.25, 0.3) is 81.1 Å². The van der Waals surface area contributed by atoms with Gasteiger partial charge in [-0.15, -0.1) is 11.3 Å². The molecule has 0 saturated heterocycles. The molecule has 0 atom stereocenters. The molecular weight excluding hydrogens is 677 g/mol. The van der Waals surface area contributed by atoms with Gasteiger partial charge in [0.2, 0.25) is 0 Å². The quantitative estimate of drug-likeness (QED) is 0.171. The minimum absolute atomic E-state index is 0.872. The van der Waals surface area contributed by atoms with Crippen molar-refractivity contribution in [2.75, 3.05) is 4.90 Å². The Bertz CT molecular complexity index is 3140. The molecule has 0 spiro atoms. The Balaban J connectivity index is 1.02. The Kier molecular flexibility index (Phi) is 7.04. The number of rotatable bonds is 6. The van der Waals surface area contributed by atoms with Crippen molar-refractivity contribution in [1.29, 1.82) is 0 Å². The standard InChI is InChI=1S/C50H32N2OS/c1-3-12-33(13-4-1)34-22-27-38(28-23-34)51(45-20-11-18-41-40-16-8-10-21-46(40)53-49(41)45)39-29-24-35(25-30-39)36-26-31-43-47(32-36)54-50-48(43)42-17-7-9-19-44(42)52(50)37-14-5-2-6-15-37/h1-32H. The van der Waals surface area contributed by atoms with Crippen LogP contribution < -0.4 is 4.90 Å². The second kappa shape index (κ2) is 12.4. The molecule has 0 radical (unpaired) electrons. The molecule has 0 fully saturated rings. The van der Waals surface area contributed by atoms with E-state index >= 15 is 0 Å². The zero-order valence-electron chi connectivity index (χ0n) is 29.2. The van der Waals surface area contributed by atoms with Crippen LogP contribution in [0.4, 0.5) is 17.1 Å². The highest BCUT2D eigenvalue weighted by atomic mass is 32.1. The summed E-state index contributed by atoms with van der Waals surface area (Å²) in [6.45, 7) is 0. The van der Waals surface area contributed by atoms with Gasteiger partial charge < -0.3 is 13.9 Å². The van der Waals surface area contributed by atoms with Gasteiger partial charge in [0.1, 0.15) is 10.4 Å². The summed E-state index contributed by atoms with van der Waals surface area (Å²) >= 11 is 1.87. The van der Waals surface area contributed by atoms with Crippen LogP contribution in [-0.2, 0) is 0 Å². The second-order valence-corrected chi connectivity index (χ2v) is 14.8. The fraction of sp³-hybridized carbons (Fsp3) is 0. The number of benzene rings is 8. The molecule has 0 saturated carbocycles. The van der Waals surface area contributed by atoms with Crippen molar-refractivity contribution >= 4 is 81.5 Å². The van der Waals surface area contributed by atoms with E-state index in [1.807, 2.05) is 23.5 Å². The predicted molar refractivity (Wildman–Crippen MR) is 229 cm³/mol. The van der Waals surface area contributed by atoms with Gasteiger partial charge in [0.05, 0.1) is 11.2 Å². The van der Waals surface area contributed by atoms with Crippen LogP contribution in [0, 0.1) is 0 Å². The summed E-state index contributed by atoms with van der Waals surface area (Å²) in [5.74, 6) is 0. The zero-order chi connectivity index (χ0) is 35.6. The maximum atomic E-state index is 6.57. The molecule has 11 rings (SSSR count). The minimum Gasteiger partial charge on any atom is -0.454 e. The zero-order valence-corrected chi connectivity index (χ0v) is 30.0. The number of thiophene rings is 1. The smallest absolute Gasteiger partial charge is 0.159 e. The Labute approximate surface area is 316 Å². The topological polar surface area (TPSA) is 21.3 Å². The van der Waals surface area contributed by atoms with Gasteiger partial charge in [-0.05, 0) is 82.9 Å². The molecule has 11 aromatic rings. The van der Waals surface area contributed by atoms with Crippen molar-refractivity contribution in [2.45, 2.75) is 0 Å². The molecule has 0 aliphatic heterocycles. The molecule has 0 bridgehead atoms. The first kappa shape index (κ1) is 30.7. The number of anilines is 3. The van der Waals surface area contributed by atoms with Gasteiger partial charge in [0.25, 0.3) is 0 Å². The summed E-state index contributed by atoms with van der Waals surface area (Å²) in [5.41, 5.74) is 12.1. The molecule has 0 aliphatic rings. The molecule has 0 unspecified atom stereocenters. The van der Waals surface area contributed by atoms with Crippen LogP contribution in [0.15, 0.2) is 199 Å². The van der Waals surface area contributed by atoms with E-state index in [1.165, 1.54) is 59.1 Å². The third-order valence-electron chi connectivity index (χ3n) is 10.6. The van der Waals surface area contributed by atoms with E-state index < -0.39 is 0 Å². The van der Waals surface area contributed by atoms with E-state index in [9.17, 15) is 0 Å². The van der Waals surface area contributed by atoms with Crippen LogP contribution in [0.5, 0.6) is 0 Å². The van der Waals surface area contributed by atoms with Crippen molar-refractivity contribution in [3.05, 3.63) is 194 Å². The van der Waals surface area contributed by atoms with E-state index in [0.717, 1.165) is 39.0 Å². The lowest BCUT2D eigenvalue weighted by Crippen LogP contribution is -2.10. The largest absolute Gasteiger partial charge is 0.454 e. The minimum atomic E-state index is 0.872. The summed E-state index contributed by atoms with van der Waals surface area (Å²) in [6, 6.07) is 69.4. The lowest BCUT2D eigenvalue weighted by molar-refractivity contribution is 0.669. The molecule has 254 valence electrons. The molecule has 4 heteroatoms. The molecule has 3 heterocycles. The normalized spacial score (nSPS) is 11.7. The molecule has 54 heavy (non-hydrogen) atoms. The highest BCUT2D eigenvalue weighted by Gasteiger charge is 2.21. The Morgan fingerprint density at radius 3 is 1.80 bits per heavy atom. The highest BCUT2D eigenvalue weighted by molar-refractivity contribution is 7.25. The summed E-state index contributed by atoms with van der Waals surface area (Å²) in [7, 11) is 0. The Hall–Kier alpha value is -6.88. The number of hydrogen-bond donors (Lipinski definition) is 0. The third-order valence-corrected chi connectivity index (χ3v) is 11.8. The molecule has 0 N–H and O–H groups in total. The van der Waals surface area contributed by atoms with Crippen LogP contribution in [0.3, 0.4) is 0 Å². The van der Waals surface area contributed by atoms with Crippen molar-refractivity contribution in [3.63, 3.8) is 0 Å². The molecule has 0 amide bonds. The van der Waals surface area contributed by atoms with Crippen LogP contribution in [0.2, 0.25) is 0 Å². The van der Waals surface area contributed by atoms with Crippen molar-refractivity contribution < 1.29 is 4.42 Å². The van der Waals surface area contributed by atoms with Gasteiger partial charge in [-0.2, -0.15) is 0 Å². The summed E-state index contributed by atoms with van der Waals surface area (Å²) < 4.78 is 10.3. The first-order valence-electron chi connectivity index (χ1n) is 18.3. The maximum absolute atomic E-state index is 6.57. The Morgan fingerprint density at radius 1 is 0.444 bits per heavy atom. The number of fused-ring (bicyclic) bond motifs is 8. The van der Waals surface area contributed by atoms with Crippen LogP contribution in [-0.4, -0.2) is 4.57 Å². The SMILES string of the molecule is c1ccc(-c2ccc(N(c3ccc(-c4ccc5c(c4)sc4c5c5ccccc5n4-c4ccccc4)cc3)c3cccc4c3oc3ccccc34)cc2)cc1. The Morgan fingerprint density at radius 2 is 1.04 bits per heavy atom. The third kappa shape index (κ3) is 4.88.